The standard InChI is InChI=1S/C33H32ClN3O3/c1-24(40-30-19-11-9-17-28(30)34)32(38)35-29-18-10-8-16-27(29)33(39)37-22-20-36(21-23-37)31(25-12-4-2-5-13-25)26-14-6-3-7-15-26/h2-19,24,31H,20-23H2,1H3,(H,35,38). The van der Waals surface area contributed by atoms with Crippen LogP contribution in [0.15, 0.2) is 109 Å². The van der Waals surface area contributed by atoms with Gasteiger partial charge in [0.05, 0.1) is 22.3 Å². The maximum atomic E-state index is 13.6. The molecule has 4 aromatic rings. The van der Waals surface area contributed by atoms with Crippen LogP contribution in [0.4, 0.5) is 5.69 Å². The van der Waals surface area contributed by atoms with Gasteiger partial charge in [-0.05, 0) is 42.3 Å². The van der Waals surface area contributed by atoms with E-state index in [-0.39, 0.29) is 17.9 Å². The van der Waals surface area contributed by atoms with Gasteiger partial charge >= 0.3 is 0 Å². The third kappa shape index (κ3) is 6.36. The summed E-state index contributed by atoms with van der Waals surface area (Å²) < 4.78 is 5.76. The zero-order valence-electron chi connectivity index (χ0n) is 22.4. The van der Waals surface area contributed by atoms with Crippen LogP contribution in [-0.2, 0) is 4.79 Å². The number of ether oxygens (including phenoxy) is 1. The number of para-hydroxylation sites is 2. The minimum atomic E-state index is -0.806. The summed E-state index contributed by atoms with van der Waals surface area (Å²) in [4.78, 5) is 30.9. The van der Waals surface area contributed by atoms with Crippen molar-refractivity contribution >= 4 is 29.1 Å². The third-order valence-corrected chi connectivity index (χ3v) is 7.43. The van der Waals surface area contributed by atoms with E-state index in [1.54, 1.807) is 49.4 Å². The van der Waals surface area contributed by atoms with E-state index in [9.17, 15) is 9.59 Å². The molecule has 0 saturated carbocycles. The highest BCUT2D eigenvalue weighted by Gasteiger charge is 2.29. The number of hydrogen-bond donors (Lipinski definition) is 1. The van der Waals surface area contributed by atoms with Crippen LogP contribution in [0.25, 0.3) is 0 Å². The van der Waals surface area contributed by atoms with Crippen LogP contribution in [0.3, 0.4) is 0 Å². The largest absolute Gasteiger partial charge is 0.479 e. The molecule has 40 heavy (non-hydrogen) atoms. The Hall–Kier alpha value is -4.13. The van der Waals surface area contributed by atoms with Crippen LogP contribution in [0.2, 0.25) is 5.02 Å². The van der Waals surface area contributed by atoms with Gasteiger partial charge in [-0.15, -0.1) is 0 Å². The van der Waals surface area contributed by atoms with E-state index in [1.165, 1.54) is 11.1 Å². The maximum Gasteiger partial charge on any atom is 0.265 e. The number of amides is 2. The Kier molecular flexibility index (Phi) is 8.79. The summed E-state index contributed by atoms with van der Waals surface area (Å²) in [6.07, 6.45) is -0.806. The van der Waals surface area contributed by atoms with Crippen LogP contribution < -0.4 is 10.1 Å². The first-order valence-electron chi connectivity index (χ1n) is 13.5. The average Bonchev–Trinajstić information content (AvgIpc) is 3.00. The Balaban J connectivity index is 1.26. The molecule has 1 aliphatic heterocycles. The molecule has 0 bridgehead atoms. The van der Waals surface area contributed by atoms with Gasteiger partial charge < -0.3 is 15.0 Å². The summed E-state index contributed by atoms with van der Waals surface area (Å²) in [6.45, 7) is 4.29. The Labute approximate surface area is 240 Å². The number of anilines is 1. The van der Waals surface area contributed by atoms with Crippen molar-refractivity contribution in [1.82, 2.24) is 9.80 Å². The summed E-state index contributed by atoms with van der Waals surface area (Å²) >= 11 is 6.17. The van der Waals surface area contributed by atoms with Gasteiger partial charge in [-0.25, -0.2) is 0 Å². The first-order chi connectivity index (χ1) is 19.5. The molecule has 0 radical (unpaired) electrons. The van der Waals surface area contributed by atoms with E-state index < -0.39 is 6.10 Å². The number of carbonyl (C=O) groups excluding carboxylic acids is 2. The lowest BCUT2D eigenvalue weighted by molar-refractivity contribution is -0.122. The first kappa shape index (κ1) is 27.4. The molecule has 1 N–H and O–H groups in total. The fraction of sp³-hybridized carbons (Fsp3) is 0.212. The molecule has 6 nitrogen and oxygen atoms in total. The third-order valence-electron chi connectivity index (χ3n) is 7.12. The van der Waals surface area contributed by atoms with Crippen molar-refractivity contribution in [3.05, 3.63) is 131 Å². The lowest BCUT2D eigenvalue weighted by Crippen LogP contribution is -2.50. The Morgan fingerprint density at radius 3 is 1.93 bits per heavy atom. The van der Waals surface area contributed by atoms with Crippen molar-refractivity contribution in [3.63, 3.8) is 0 Å². The monoisotopic (exact) mass is 553 g/mol. The van der Waals surface area contributed by atoms with Crippen molar-refractivity contribution in [3.8, 4) is 5.75 Å². The van der Waals surface area contributed by atoms with Gasteiger partial charge in [0.15, 0.2) is 6.10 Å². The van der Waals surface area contributed by atoms with Crippen LogP contribution >= 0.6 is 11.6 Å². The summed E-state index contributed by atoms with van der Waals surface area (Å²) in [5.41, 5.74) is 3.38. The van der Waals surface area contributed by atoms with Crippen LogP contribution in [0.5, 0.6) is 5.75 Å². The summed E-state index contributed by atoms with van der Waals surface area (Å²) in [7, 11) is 0. The van der Waals surface area contributed by atoms with Crippen molar-refractivity contribution < 1.29 is 14.3 Å². The number of halogens is 1. The molecule has 1 fully saturated rings. The van der Waals surface area contributed by atoms with Gasteiger partial charge in [-0.3, -0.25) is 14.5 Å². The van der Waals surface area contributed by atoms with E-state index in [4.69, 9.17) is 16.3 Å². The van der Waals surface area contributed by atoms with Gasteiger partial charge in [-0.1, -0.05) is 96.5 Å². The second-order valence-electron chi connectivity index (χ2n) is 9.78. The van der Waals surface area contributed by atoms with Crippen molar-refractivity contribution in [2.24, 2.45) is 0 Å². The fourth-order valence-electron chi connectivity index (χ4n) is 5.04. The SMILES string of the molecule is CC(Oc1ccccc1Cl)C(=O)Nc1ccccc1C(=O)N1CCN(C(c2ccccc2)c2ccccc2)CC1. The molecule has 1 saturated heterocycles. The number of rotatable bonds is 8. The van der Waals surface area contributed by atoms with Crippen molar-refractivity contribution in [1.29, 1.82) is 0 Å². The minimum absolute atomic E-state index is 0.105. The second kappa shape index (κ2) is 12.8. The van der Waals surface area contributed by atoms with Crippen LogP contribution in [-0.4, -0.2) is 53.9 Å². The fourth-order valence-corrected chi connectivity index (χ4v) is 5.22. The van der Waals surface area contributed by atoms with Gasteiger partial charge in [0, 0.05) is 26.2 Å². The minimum Gasteiger partial charge on any atom is -0.479 e. The lowest BCUT2D eigenvalue weighted by Gasteiger charge is -2.40. The molecule has 4 aromatic carbocycles. The number of piperazine rings is 1. The molecule has 0 aromatic heterocycles. The number of benzene rings is 4. The van der Waals surface area contributed by atoms with Gasteiger partial charge in [0.25, 0.3) is 11.8 Å². The number of nitrogens with one attached hydrogen (secondary N) is 1. The van der Waals surface area contributed by atoms with E-state index >= 15 is 0 Å². The highest BCUT2D eigenvalue weighted by atomic mass is 35.5. The number of hydrogen-bond acceptors (Lipinski definition) is 4. The Morgan fingerprint density at radius 1 is 0.750 bits per heavy atom. The average molecular weight is 554 g/mol. The van der Waals surface area contributed by atoms with E-state index in [2.05, 4.69) is 58.7 Å². The second-order valence-corrected chi connectivity index (χ2v) is 10.2. The molecule has 1 atom stereocenters. The van der Waals surface area contributed by atoms with E-state index in [0.29, 0.717) is 35.1 Å². The molecule has 2 amide bonds. The van der Waals surface area contributed by atoms with E-state index in [1.807, 2.05) is 23.1 Å². The molecule has 1 heterocycles. The molecular weight excluding hydrogens is 522 g/mol. The maximum absolute atomic E-state index is 13.6. The molecule has 204 valence electrons. The molecule has 1 aliphatic rings. The molecule has 7 heteroatoms. The topological polar surface area (TPSA) is 61.9 Å². The molecule has 0 aliphatic carbocycles. The lowest BCUT2D eigenvalue weighted by atomic mass is 9.96. The summed E-state index contributed by atoms with van der Waals surface area (Å²) in [6, 6.07) is 35.2. The normalized spacial score (nSPS) is 14.5. The zero-order valence-corrected chi connectivity index (χ0v) is 23.1. The predicted octanol–water partition coefficient (Wildman–Crippen LogP) is 6.29. The van der Waals surface area contributed by atoms with Crippen LogP contribution in [0.1, 0.15) is 34.5 Å². The van der Waals surface area contributed by atoms with Gasteiger partial charge in [0.1, 0.15) is 5.75 Å². The van der Waals surface area contributed by atoms with Crippen LogP contribution in [0, 0.1) is 0 Å². The Morgan fingerprint density at radius 2 is 1.30 bits per heavy atom. The van der Waals surface area contributed by atoms with Crippen molar-refractivity contribution in [2.75, 3.05) is 31.5 Å². The molecule has 0 spiro atoms. The smallest absolute Gasteiger partial charge is 0.265 e. The van der Waals surface area contributed by atoms with Crippen molar-refractivity contribution in [2.45, 2.75) is 19.1 Å². The van der Waals surface area contributed by atoms with Gasteiger partial charge in [0.2, 0.25) is 0 Å². The number of carbonyl (C=O) groups is 2. The quantitative estimate of drug-likeness (QED) is 0.278. The van der Waals surface area contributed by atoms with Gasteiger partial charge in [-0.2, -0.15) is 0 Å². The zero-order chi connectivity index (χ0) is 27.9. The molecular formula is C33H32ClN3O3. The first-order valence-corrected chi connectivity index (χ1v) is 13.8. The highest BCUT2D eigenvalue weighted by Crippen LogP contribution is 2.30. The van der Waals surface area contributed by atoms with E-state index in [0.717, 1.165) is 13.1 Å². The molecule has 1 unspecified atom stereocenters. The number of nitrogens with zero attached hydrogens (tertiary/aromatic N) is 2. The Bertz CT molecular complexity index is 1400. The predicted molar refractivity (Wildman–Crippen MR) is 159 cm³/mol. The summed E-state index contributed by atoms with van der Waals surface area (Å²) in [5, 5.41) is 3.30. The highest BCUT2D eigenvalue weighted by molar-refractivity contribution is 6.32. The molecule has 5 rings (SSSR count). The summed E-state index contributed by atoms with van der Waals surface area (Å²) in [5.74, 6) is -0.0388.